The first-order valence-electron chi connectivity index (χ1n) is 7.38. The summed E-state index contributed by atoms with van der Waals surface area (Å²) >= 11 is 1.94. The number of hydrogen-bond acceptors (Lipinski definition) is 3. The average molecular weight is 284 g/mol. The Morgan fingerprint density at radius 1 is 1.20 bits per heavy atom. The third kappa shape index (κ3) is 1.92. The molecule has 1 aromatic carbocycles. The number of allylic oxidation sites excluding steroid dienone is 2. The SMILES string of the molecule is CC1CN2C3=C(C=CC(C3)CN1C)Sc1ccccc12. The number of likely N-dealkylation sites (N-methyl/N-ethyl adjacent to an activating group) is 1. The highest BCUT2D eigenvalue weighted by molar-refractivity contribution is 8.03. The second-order valence-corrected chi connectivity index (χ2v) is 7.19. The van der Waals surface area contributed by atoms with E-state index in [0.29, 0.717) is 12.0 Å². The minimum Gasteiger partial charge on any atom is -0.341 e. The maximum atomic E-state index is 2.57. The largest absolute Gasteiger partial charge is 0.341 e. The highest BCUT2D eigenvalue weighted by Gasteiger charge is 2.32. The molecule has 0 radical (unpaired) electrons. The van der Waals surface area contributed by atoms with Gasteiger partial charge in [-0.25, -0.2) is 0 Å². The molecule has 2 bridgehead atoms. The summed E-state index contributed by atoms with van der Waals surface area (Å²) in [7, 11) is 2.26. The number of rotatable bonds is 0. The third-order valence-electron chi connectivity index (χ3n) is 4.68. The number of anilines is 1. The Hall–Kier alpha value is -1.19. The molecule has 3 aliphatic rings. The van der Waals surface area contributed by atoms with E-state index < -0.39 is 0 Å². The van der Waals surface area contributed by atoms with E-state index in [4.69, 9.17) is 0 Å². The molecule has 3 heteroatoms. The number of benzene rings is 1. The topological polar surface area (TPSA) is 6.48 Å². The summed E-state index contributed by atoms with van der Waals surface area (Å²) in [5.41, 5.74) is 2.94. The van der Waals surface area contributed by atoms with Gasteiger partial charge in [0.1, 0.15) is 0 Å². The van der Waals surface area contributed by atoms with Crippen molar-refractivity contribution in [2.24, 2.45) is 5.92 Å². The molecule has 4 rings (SSSR count). The Bertz CT molecular complexity index is 605. The van der Waals surface area contributed by atoms with Crippen molar-refractivity contribution >= 4 is 17.4 Å². The standard InChI is InChI=1S/C17H20N2S/c1-12-10-19-14-5-3-4-6-16(14)20-17-8-7-13(9-15(17)19)11-18(12)2/h3-8,12-13H,9-11H2,1-2H3. The number of fused-ring (bicyclic) bond motifs is 3. The van der Waals surface area contributed by atoms with E-state index in [1.54, 1.807) is 5.70 Å². The zero-order valence-corrected chi connectivity index (χ0v) is 12.9. The lowest BCUT2D eigenvalue weighted by atomic mass is 9.94. The van der Waals surface area contributed by atoms with Crippen molar-refractivity contribution in [1.82, 2.24) is 4.90 Å². The molecule has 1 aliphatic carbocycles. The van der Waals surface area contributed by atoms with Gasteiger partial charge in [0.25, 0.3) is 0 Å². The summed E-state index contributed by atoms with van der Waals surface area (Å²) in [6.07, 6.45) is 5.94. The molecule has 0 amide bonds. The predicted octanol–water partition coefficient (Wildman–Crippen LogP) is 3.72. The molecule has 1 fully saturated rings. The van der Waals surface area contributed by atoms with Gasteiger partial charge >= 0.3 is 0 Å². The lowest BCUT2D eigenvalue weighted by Crippen LogP contribution is -2.46. The van der Waals surface area contributed by atoms with E-state index in [1.807, 2.05) is 11.8 Å². The fraction of sp³-hybridized carbons (Fsp3) is 0.412. The first-order valence-corrected chi connectivity index (χ1v) is 8.20. The summed E-state index contributed by atoms with van der Waals surface area (Å²) in [4.78, 5) is 7.92. The fourth-order valence-electron chi connectivity index (χ4n) is 3.39. The molecule has 2 heterocycles. The smallest absolute Gasteiger partial charge is 0.0550 e. The van der Waals surface area contributed by atoms with Crippen molar-refractivity contribution < 1.29 is 0 Å². The first kappa shape index (κ1) is 12.5. The van der Waals surface area contributed by atoms with E-state index in [1.165, 1.54) is 28.5 Å². The second-order valence-electron chi connectivity index (χ2n) is 6.10. The van der Waals surface area contributed by atoms with E-state index in [0.717, 1.165) is 6.54 Å². The number of para-hydroxylation sites is 1. The summed E-state index contributed by atoms with van der Waals surface area (Å²) in [6, 6.07) is 9.40. The zero-order chi connectivity index (χ0) is 13.7. The van der Waals surface area contributed by atoms with Crippen LogP contribution < -0.4 is 4.90 Å². The summed E-state index contributed by atoms with van der Waals surface area (Å²) in [5, 5.41) is 0. The van der Waals surface area contributed by atoms with Crippen molar-refractivity contribution in [3.63, 3.8) is 0 Å². The van der Waals surface area contributed by atoms with Crippen LogP contribution in [0.25, 0.3) is 0 Å². The van der Waals surface area contributed by atoms with Gasteiger partial charge in [-0.1, -0.05) is 36.0 Å². The van der Waals surface area contributed by atoms with Crippen LogP contribution in [0.1, 0.15) is 13.3 Å². The normalized spacial score (nSPS) is 29.0. The lowest BCUT2D eigenvalue weighted by Gasteiger charge is -2.43. The Labute approximate surface area is 125 Å². The van der Waals surface area contributed by atoms with Crippen molar-refractivity contribution in [3.8, 4) is 0 Å². The lowest BCUT2D eigenvalue weighted by molar-refractivity contribution is 0.225. The van der Waals surface area contributed by atoms with Gasteiger partial charge in [-0.15, -0.1) is 0 Å². The molecule has 2 nitrogen and oxygen atoms in total. The second kappa shape index (κ2) is 4.68. The van der Waals surface area contributed by atoms with Crippen LogP contribution in [-0.4, -0.2) is 31.1 Å². The molecule has 2 atom stereocenters. The van der Waals surface area contributed by atoms with Crippen LogP contribution in [0, 0.1) is 5.92 Å². The van der Waals surface area contributed by atoms with Crippen LogP contribution in [-0.2, 0) is 0 Å². The van der Waals surface area contributed by atoms with Crippen LogP contribution >= 0.6 is 11.8 Å². The van der Waals surface area contributed by atoms with Gasteiger partial charge in [0.15, 0.2) is 0 Å². The van der Waals surface area contributed by atoms with Crippen LogP contribution in [0.4, 0.5) is 5.69 Å². The Morgan fingerprint density at radius 3 is 2.95 bits per heavy atom. The van der Waals surface area contributed by atoms with Crippen molar-refractivity contribution in [3.05, 3.63) is 47.0 Å². The molecule has 0 spiro atoms. The maximum Gasteiger partial charge on any atom is 0.0550 e. The highest BCUT2D eigenvalue weighted by atomic mass is 32.2. The minimum absolute atomic E-state index is 0.580. The van der Waals surface area contributed by atoms with Crippen LogP contribution in [0.15, 0.2) is 51.9 Å². The zero-order valence-electron chi connectivity index (χ0n) is 12.0. The van der Waals surface area contributed by atoms with E-state index in [9.17, 15) is 0 Å². The van der Waals surface area contributed by atoms with E-state index in [2.05, 4.69) is 60.2 Å². The van der Waals surface area contributed by atoms with Gasteiger partial charge in [0.05, 0.1) is 5.69 Å². The highest BCUT2D eigenvalue weighted by Crippen LogP contribution is 2.47. The van der Waals surface area contributed by atoms with Crippen LogP contribution in [0.3, 0.4) is 0 Å². The molecule has 1 saturated heterocycles. The molecule has 0 saturated carbocycles. The summed E-state index contributed by atoms with van der Waals surface area (Å²) < 4.78 is 0. The maximum absolute atomic E-state index is 2.57. The van der Waals surface area contributed by atoms with E-state index >= 15 is 0 Å². The molecule has 20 heavy (non-hydrogen) atoms. The fourth-order valence-corrected chi connectivity index (χ4v) is 4.51. The molecular formula is C17H20N2S. The van der Waals surface area contributed by atoms with Crippen molar-refractivity contribution in [1.29, 1.82) is 0 Å². The van der Waals surface area contributed by atoms with E-state index in [-0.39, 0.29) is 0 Å². The van der Waals surface area contributed by atoms with Gasteiger partial charge in [-0.05, 0) is 38.4 Å². The number of thioether (sulfide) groups is 1. The van der Waals surface area contributed by atoms with Crippen molar-refractivity contribution in [2.45, 2.75) is 24.3 Å². The molecular weight excluding hydrogens is 264 g/mol. The van der Waals surface area contributed by atoms with Gasteiger partial charge < -0.3 is 9.80 Å². The Morgan fingerprint density at radius 2 is 2.05 bits per heavy atom. The van der Waals surface area contributed by atoms with Crippen LogP contribution in [0.2, 0.25) is 0 Å². The molecule has 0 N–H and O–H groups in total. The third-order valence-corrected chi connectivity index (χ3v) is 5.84. The Kier molecular flexibility index (Phi) is 2.93. The Balaban J connectivity index is 1.83. The van der Waals surface area contributed by atoms with Gasteiger partial charge in [-0.3, -0.25) is 0 Å². The summed E-state index contributed by atoms with van der Waals surface area (Å²) in [5.74, 6) is 0.662. The number of nitrogens with zero attached hydrogens (tertiary/aromatic N) is 2. The van der Waals surface area contributed by atoms with Gasteiger partial charge in [0, 0.05) is 34.6 Å². The quantitative estimate of drug-likeness (QED) is 0.717. The average Bonchev–Trinajstić information content (AvgIpc) is 2.46. The molecule has 2 unspecified atom stereocenters. The monoisotopic (exact) mass is 284 g/mol. The number of hydrogen-bond donors (Lipinski definition) is 0. The summed E-state index contributed by atoms with van der Waals surface area (Å²) in [6.45, 7) is 4.61. The molecule has 2 aliphatic heterocycles. The van der Waals surface area contributed by atoms with Gasteiger partial charge in [0.2, 0.25) is 0 Å². The van der Waals surface area contributed by atoms with Crippen molar-refractivity contribution in [2.75, 3.05) is 25.0 Å². The predicted molar refractivity (Wildman–Crippen MR) is 86.0 cm³/mol. The molecule has 104 valence electrons. The molecule has 1 aromatic rings. The molecule has 0 aromatic heterocycles. The minimum atomic E-state index is 0.580. The van der Waals surface area contributed by atoms with Gasteiger partial charge in [-0.2, -0.15) is 0 Å². The first-order chi connectivity index (χ1) is 9.72. The van der Waals surface area contributed by atoms with Crippen LogP contribution in [0.5, 0.6) is 0 Å².